The molecule has 0 spiro atoms. The number of hydrogen-bond donors (Lipinski definition) is 1. The first-order valence-corrected chi connectivity index (χ1v) is 7.54. The fourth-order valence-electron chi connectivity index (χ4n) is 1.69. The average Bonchev–Trinajstić information content (AvgIpc) is 2.84. The molecule has 6 heteroatoms. The maximum Gasteiger partial charge on any atom is 0.266 e. The molecular weight excluding hydrogens is 361 g/mol. The number of aromatic amines is 1. The van der Waals surface area contributed by atoms with E-state index in [0.717, 1.165) is 12.2 Å². The first kappa shape index (κ1) is 13.5. The van der Waals surface area contributed by atoms with Gasteiger partial charge in [0.15, 0.2) is 0 Å². The van der Waals surface area contributed by atoms with Crippen molar-refractivity contribution in [2.24, 2.45) is 0 Å². The lowest BCUT2D eigenvalue weighted by molar-refractivity contribution is 0.677. The van der Waals surface area contributed by atoms with Crippen LogP contribution in [0.5, 0.6) is 0 Å². The minimum absolute atomic E-state index is 0.0872. The highest BCUT2D eigenvalue weighted by Crippen LogP contribution is 2.19. The molecule has 0 saturated heterocycles. The minimum atomic E-state index is -0.0872. The van der Waals surface area contributed by atoms with Gasteiger partial charge in [-0.25, -0.2) is 4.98 Å². The second-order valence-electron chi connectivity index (χ2n) is 4.11. The molecule has 2 heterocycles. The van der Waals surface area contributed by atoms with Crippen LogP contribution in [0.15, 0.2) is 28.6 Å². The molecule has 0 amide bonds. The highest BCUT2D eigenvalue weighted by atomic mass is 127. The summed E-state index contributed by atoms with van der Waals surface area (Å²) in [5, 5.41) is 2.08. The van der Waals surface area contributed by atoms with Gasteiger partial charge in [0.05, 0.1) is 6.33 Å². The lowest BCUT2D eigenvalue weighted by Crippen LogP contribution is -2.33. The van der Waals surface area contributed by atoms with Gasteiger partial charge in [-0.05, 0) is 41.0 Å². The number of likely N-dealkylation sites (N-methyl/N-ethyl adjacent to an activating group) is 1. The average molecular weight is 375 g/mol. The maximum atomic E-state index is 11.6. The Hall–Kier alpha value is -0.890. The normalized spacial score (nSPS) is 12.4. The van der Waals surface area contributed by atoms with Crippen LogP contribution in [0, 0.1) is 3.57 Å². The van der Waals surface area contributed by atoms with Crippen molar-refractivity contribution in [1.29, 1.82) is 0 Å². The van der Waals surface area contributed by atoms with Crippen molar-refractivity contribution in [2.75, 3.05) is 11.9 Å². The Balaban J connectivity index is 2.17. The molecule has 0 saturated carbocycles. The minimum Gasteiger partial charge on any atom is -0.356 e. The van der Waals surface area contributed by atoms with Crippen LogP contribution >= 0.6 is 33.9 Å². The molecule has 96 valence electrons. The van der Waals surface area contributed by atoms with Crippen LogP contribution in [0.4, 0.5) is 5.82 Å². The van der Waals surface area contributed by atoms with Gasteiger partial charge in [-0.1, -0.05) is 6.07 Å². The highest BCUT2D eigenvalue weighted by Gasteiger charge is 2.16. The molecule has 0 fully saturated rings. The highest BCUT2D eigenvalue weighted by molar-refractivity contribution is 14.1. The standard InChI is InChI=1S/C12H14IN3OS/c1-8(6-9-4-3-5-18-9)16(2)11-10(13)12(17)15-7-14-11/h3-5,7-8H,6H2,1-2H3,(H,14,15,17). The number of H-pyrrole nitrogens is 1. The van der Waals surface area contributed by atoms with E-state index in [1.165, 1.54) is 11.2 Å². The predicted molar refractivity (Wildman–Crippen MR) is 83.5 cm³/mol. The molecular formula is C12H14IN3OS. The van der Waals surface area contributed by atoms with Crippen LogP contribution in [0.2, 0.25) is 0 Å². The largest absolute Gasteiger partial charge is 0.356 e. The van der Waals surface area contributed by atoms with E-state index >= 15 is 0 Å². The van der Waals surface area contributed by atoms with E-state index < -0.39 is 0 Å². The van der Waals surface area contributed by atoms with E-state index in [1.54, 1.807) is 11.3 Å². The van der Waals surface area contributed by atoms with E-state index in [-0.39, 0.29) is 5.56 Å². The van der Waals surface area contributed by atoms with Crippen LogP contribution in [0.25, 0.3) is 0 Å². The molecule has 0 aromatic carbocycles. The first-order chi connectivity index (χ1) is 8.59. The van der Waals surface area contributed by atoms with Gasteiger partial charge in [0.1, 0.15) is 9.39 Å². The zero-order valence-electron chi connectivity index (χ0n) is 10.2. The number of nitrogens with one attached hydrogen (secondary N) is 1. The van der Waals surface area contributed by atoms with Gasteiger partial charge in [0.2, 0.25) is 0 Å². The summed E-state index contributed by atoms with van der Waals surface area (Å²) in [6, 6.07) is 4.49. The molecule has 0 aliphatic carbocycles. The topological polar surface area (TPSA) is 49.0 Å². The molecule has 0 aliphatic rings. The third-order valence-corrected chi connectivity index (χ3v) is 4.72. The Morgan fingerprint density at radius 1 is 1.61 bits per heavy atom. The fraction of sp³-hybridized carbons (Fsp3) is 0.333. The second kappa shape index (κ2) is 5.83. The van der Waals surface area contributed by atoms with E-state index in [1.807, 2.05) is 29.6 Å². The smallest absolute Gasteiger partial charge is 0.266 e. The molecule has 2 aromatic heterocycles. The van der Waals surface area contributed by atoms with Crippen molar-refractivity contribution in [3.8, 4) is 0 Å². The monoisotopic (exact) mass is 375 g/mol. The van der Waals surface area contributed by atoms with Crippen molar-refractivity contribution in [2.45, 2.75) is 19.4 Å². The summed E-state index contributed by atoms with van der Waals surface area (Å²) in [7, 11) is 1.97. The summed E-state index contributed by atoms with van der Waals surface area (Å²) in [5.41, 5.74) is -0.0872. The van der Waals surface area contributed by atoms with Gasteiger partial charge < -0.3 is 9.88 Å². The second-order valence-corrected chi connectivity index (χ2v) is 6.22. The van der Waals surface area contributed by atoms with Crippen LogP contribution in [0.3, 0.4) is 0 Å². The van der Waals surface area contributed by atoms with Gasteiger partial charge in [0.25, 0.3) is 5.56 Å². The van der Waals surface area contributed by atoms with Gasteiger partial charge in [0, 0.05) is 24.4 Å². The van der Waals surface area contributed by atoms with E-state index in [0.29, 0.717) is 9.61 Å². The Kier molecular flexibility index (Phi) is 4.39. The molecule has 18 heavy (non-hydrogen) atoms. The Morgan fingerprint density at radius 3 is 3.06 bits per heavy atom. The lowest BCUT2D eigenvalue weighted by Gasteiger charge is -2.26. The number of hydrogen-bond acceptors (Lipinski definition) is 4. The number of halogens is 1. The van der Waals surface area contributed by atoms with Crippen molar-refractivity contribution < 1.29 is 0 Å². The fourth-order valence-corrected chi connectivity index (χ4v) is 3.19. The molecule has 0 aliphatic heterocycles. The summed E-state index contributed by atoms with van der Waals surface area (Å²) < 4.78 is 0.635. The predicted octanol–water partition coefficient (Wildman–Crippen LogP) is 2.50. The van der Waals surface area contributed by atoms with E-state index in [2.05, 4.69) is 39.3 Å². The number of anilines is 1. The first-order valence-electron chi connectivity index (χ1n) is 5.58. The van der Waals surface area contributed by atoms with Crippen LogP contribution < -0.4 is 10.5 Å². The van der Waals surface area contributed by atoms with Gasteiger partial charge in [-0.2, -0.15) is 0 Å². The Bertz CT molecular complexity index is 567. The van der Waals surface area contributed by atoms with Crippen LogP contribution in [-0.2, 0) is 6.42 Å². The Morgan fingerprint density at radius 2 is 2.39 bits per heavy atom. The van der Waals surface area contributed by atoms with Crippen molar-refractivity contribution in [3.63, 3.8) is 0 Å². The third-order valence-electron chi connectivity index (χ3n) is 2.85. The molecule has 2 aromatic rings. The molecule has 4 nitrogen and oxygen atoms in total. The number of rotatable bonds is 4. The van der Waals surface area contributed by atoms with Crippen molar-refractivity contribution >= 4 is 39.7 Å². The van der Waals surface area contributed by atoms with Crippen LogP contribution in [-0.4, -0.2) is 23.1 Å². The molecule has 0 bridgehead atoms. The molecule has 0 radical (unpaired) electrons. The quantitative estimate of drug-likeness (QED) is 0.836. The summed E-state index contributed by atoms with van der Waals surface area (Å²) in [5.74, 6) is 0.739. The summed E-state index contributed by atoms with van der Waals surface area (Å²) in [6.07, 6.45) is 2.41. The maximum absolute atomic E-state index is 11.6. The Labute approximate surface area is 123 Å². The summed E-state index contributed by atoms with van der Waals surface area (Å²) in [4.78, 5) is 21.8. The number of thiophene rings is 1. The molecule has 1 unspecified atom stereocenters. The van der Waals surface area contributed by atoms with E-state index in [9.17, 15) is 4.79 Å². The van der Waals surface area contributed by atoms with Gasteiger partial charge in [-0.3, -0.25) is 4.79 Å². The van der Waals surface area contributed by atoms with Crippen LogP contribution in [0.1, 0.15) is 11.8 Å². The van der Waals surface area contributed by atoms with Crippen molar-refractivity contribution in [1.82, 2.24) is 9.97 Å². The van der Waals surface area contributed by atoms with Crippen molar-refractivity contribution in [3.05, 3.63) is 42.6 Å². The number of nitrogens with zero attached hydrogens (tertiary/aromatic N) is 2. The summed E-state index contributed by atoms with van der Waals surface area (Å²) in [6.45, 7) is 2.14. The lowest BCUT2D eigenvalue weighted by atomic mass is 10.2. The zero-order chi connectivity index (χ0) is 13.1. The van der Waals surface area contributed by atoms with Gasteiger partial charge in [-0.15, -0.1) is 11.3 Å². The molecule has 1 N–H and O–H groups in total. The zero-order valence-corrected chi connectivity index (χ0v) is 13.2. The van der Waals surface area contributed by atoms with Gasteiger partial charge >= 0.3 is 0 Å². The molecule has 2 rings (SSSR count). The number of aromatic nitrogens is 2. The summed E-state index contributed by atoms with van der Waals surface area (Å²) >= 11 is 3.79. The third kappa shape index (κ3) is 2.92. The SMILES string of the molecule is CC(Cc1cccs1)N(C)c1nc[nH]c(=O)c1I. The molecule has 1 atom stereocenters. The van der Waals surface area contributed by atoms with E-state index in [4.69, 9.17) is 0 Å².